The van der Waals surface area contributed by atoms with Gasteiger partial charge in [-0.1, -0.05) is 30.0 Å². The maximum Gasteiger partial charge on any atom is 0.225 e. The molecule has 0 bridgehead atoms. The molecule has 2 aromatic carbocycles. The van der Waals surface area contributed by atoms with Gasteiger partial charge in [0.15, 0.2) is 6.20 Å². The first-order valence-electron chi connectivity index (χ1n) is 9.43. The Morgan fingerprint density at radius 1 is 1.07 bits per heavy atom. The van der Waals surface area contributed by atoms with Gasteiger partial charge in [-0.2, -0.15) is 0 Å². The largest absolute Gasteiger partial charge is 0.253 e. The highest BCUT2D eigenvalue weighted by Crippen LogP contribution is 2.40. The molecule has 3 aliphatic rings. The molecule has 5 rings (SSSR count). The third-order valence-electron chi connectivity index (χ3n) is 5.38. The maximum atomic E-state index is 15.0. The smallest absolute Gasteiger partial charge is 0.225 e. The van der Waals surface area contributed by atoms with Crippen molar-refractivity contribution in [3.8, 4) is 0 Å². The van der Waals surface area contributed by atoms with Crippen LogP contribution in [0.3, 0.4) is 0 Å². The van der Waals surface area contributed by atoms with Crippen LogP contribution in [0.2, 0.25) is 0 Å². The molecule has 4 nitrogen and oxygen atoms in total. The van der Waals surface area contributed by atoms with E-state index in [9.17, 15) is 0 Å². The molecule has 0 radical (unpaired) electrons. The minimum Gasteiger partial charge on any atom is -0.253 e. The van der Waals surface area contributed by atoms with Crippen molar-refractivity contribution in [3.05, 3.63) is 78.6 Å². The quantitative estimate of drug-likeness (QED) is 0.629. The van der Waals surface area contributed by atoms with E-state index in [1.807, 2.05) is 67.4 Å². The van der Waals surface area contributed by atoms with Crippen molar-refractivity contribution in [1.82, 2.24) is 0 Å². The Labute approximate surface area is 168 Å². The first kappa shape index (κ1) is 17.4. The van der Waals surface area contributed by atoms with Crippen molar-refractivity contribution in [3.63, 3.8) is 0 Å². The summed E-state index contributed by atoms with van der Waals surface area (Å²) in [7, 11) is 0. The molecule has 2 aliphatic heterocycles. The highest BCUT2D eigenvalue weighted by Gasteiger charge is 2.46. The molecule has 1 fully saturated rings. The fourth-order valence-electron chi connectivity index (χ4n) is 3.77. The molecule has 0 spiro atoms. The van der Waals surface area contributed by atoms with E-state index in [-0.39, 0.29) is 5.82 Å². The number of fused-ring (bicyclic) bond motifs is 1. The summed E-state index contributed by atoms with van der Waals surface area (Å²) in [5, 5.41) is 2.26. The van der Waals surface area contributed by atoms with Crippen molar-refractivity contribution in [1.29, 1.82) is 0 Å². The van der Waals surface area contributed by atoms with Crippen LogP contribution in [0.15, 0.2) is 92.6 Å². The predicted octanol–water partition coefficient (Wildman–Crippen LogP) is 5.51. The second kappa shape index (κ2) is 7.04. The molecule has 28 heavy (non-hydrogen) atoms. The van der Waals surface area contributed by atoms with E-state index in [1.165, 1.54) is 18.2 Å². The van der Waals surface area contributed by atoms with Crippen LogP contribution >= 0.6 is 11.8 Å². The number of benzene rings is 2. The van der Waals surface area contributed by atoms with Gasteiger partial charge in [-0.05, 0) is 43.5 Å². The van der Waals surface area contributed by atoms with Gasteiger partial charge in [-0.25, -0.2) is 14.4 Å². The van der Waals surface area contributed by atoms with E-state index in [0.29, 0.717) is 15.5 Å². The van der Waals surface area contributed by atoms with Gasteiger partial charge in [0.2, 0.25) is 12.0 Å². The number of allylic oxidation sites excluding steroid dienone is 1. The molecule has 0 N–H and O–H groups in total. The lowest BCUT2D eigenvalue weighted by molar-refractivity contribution is -0.746. The summed E-state index contributed by atoms with van der Waals surface area (Å²) in [4.78, 5) is 10.3. The molecule has 140 valence electrons. The van der Waals surface area contributed by atoms with E-state index < -0.39 is 0 Å². The normalized spacial score (nSPS) is 22.7. The van der Waals surface area contributed by atoms with E-state index in [4.69, 9.17) is 0 Å². The maximum absolute atomic E-state index is 15.0. The Kier molecular flexibility index (Phi) is 4.37. The summed E-state index contributed by atoms with van der Waals surface area (Å²) in [6.45, 7) is 0. The zero-order chi connectivity index (χ0) is 19.0. The zero-order valence-electron chi connectivity index (χ0n) is 15.3. The van der Waals surface area contributed by atoms with Crippen LogP contribution in [0.1, 0.15) is 19.3 Å². The molecule has 0 saturated heterocycles. The molecule has 6 heteroatoms. The summed E-state index contributed by atoms with van der Waals surface area (Å²) >= 11 is 1.44. The van der Waals surface area contributed by atoms with Crippen molar-refractivity contribution in [2.75, 3.05) is 5.01 Å². The summed E-state index contributed by atoms with van der Waals surface area (Å²) in [6.07, 6.45) is 12.7. The Hall–Kier alpha value is -2.70. The SMILES string of the molecule is Fc1cc(N(C2CCC2)[N+]23C=CN=CC2=CN=C3)ccc1Sc1ccccc1. The van der Waals surface area contributed by atoms with Crippen LogP contribution in [0.25, 0.3) is 0 Å². The summed E-state index contributed by atoms with van der Waals surface area (Å²) in [5.74, 6) is -0.204. The van der Waals surface area contributed by atoms with Gasteiger partial charge in [0.1, 0.15) is 5.82 Å². The Morgan fingerprint density at radius 3 is 2.68 bits per heavy atom. The van der Waals surface area contributed by atoms with Crippen LogP contribution in [0.4, 0.5) is 10.1 Å². The molecule has 1 saturated carbocycles. The van der Waals surface area contributed by atoms with E-state index in [0.717, 1.165) is 29.1 Å². The molecule has 0 aromatic heterocycles. The van der Waals surface area contributed by atoms with Crippen molar-refractivity contribution in [2.24, 2.45) is 9.98 Å². The van der Waals surface area contributed by atoms with E-state index in [2.05, 4.69) is 15.0 Å². The highest BCUT2D eigenvalue weighted by molar-refractivity contribution is 7.99. The highest BCUT2D eigenvalue weighted by atomic mass is 32.2. The van der Waals surface area contributed by atoms with Gasteiger partial charge in [0.25, 0.3) is 0 Å². The van der Waals surface area contributed by atoms with Gasteiger partial charge >= 0.3 is 0 Å². The zero-order valence-corrected chi connectivity index (χ0v) is 16.1. The molecule has 2 heterocycles. The second-order valence-electron chi connectivity index (χ2n) is 7.09. The Balaban J connectivity index is 1.51. The van der Waals surface area contributed by atoms with Gasteiger partial charge in [0.05, 0.1) is 30.3 Å². The van der Waals surface area contributed by atoms with Crippen LogP contribution < -0.4 is 5.01 Å². The van der Waals surface area contributed by atoms with Crippen molar-refractivity contribution >= 4 is 30.0 Å². The predicted molar refractivity (Wildman–Crippen MR) is 112 cm³/mol. The lowest BCUT2D eigenvalue weighted by atomic mass is 9.92. The van der Waals surface area contributed by atoms with Gasteiger partial charge in [0, 0.05) is 15.9 Å². The molecular formula is C22H20FN4S+. The van der Waals surface area contributed by atoms with Gasteiger partial charge < -0.3 is 0 Å². The van der Waals surface area contributed by atoms with E-state index in [1.54, 1.807) is 12.3 Å². The number of hydrogen-bond donors (Lipinski definition) is 0. The summed E-state index contributed by atoms with van der Waals surface area (Å²) in [6, 6.07) is 15.8. The van der Waals surface area contributed by atoms with Gasteiger partial charge in [-0.15, -0.1) is 4.59 Å². The van der Waals surface area contributed by atoms with Crippen LogP contribution in [-0.2, 0) is 0 Å². The number of quaternary nitrogens is 1. The fraction of sp³-hybridized carbons (Fsp3) is 0.182. The number of halogens is 1. The number of anilines is 1. The second-order valence-corrected chi connectivity index (χ2v) is 8.21. The third-order valence-corrected chi connectivity index (χ3v) is 6.44. The number of nitrogens with zero attached hydrogens (tertiary/aromatic N) is 4. The molecule has 1 unspecified atom stereocenters. The Morgan fingerprint density at radius 2 is 1.93 bits per heavy atom. The number of aliphatic imine (C=N–C) groups is 2. The van der Waals surface area contributed by atoms with Crippen molar-refractivity contribution < 1.29 is 8.98 Å². The van der Waals surface area contributed by atoms with Crippen molar-refractivity contribution in [2.45, 2.75) is 35.1 Å². The van der Waals surface area contributed by atoms with Gasteiger partial charge in [-0.3, -0.25) is 4.99 Å². The number of hydrogen-bond acceptors (Lipinski definition) is 4. The minimum absolute atomic E-state index is 0.204. The summed E-state index contributed by atoms with van der Waals surface area (Å²) < 4.78 is 15.4. The van der Waals surface area contributed by atoms with Crippen LogP contribution in [0.5, 0.6) is 0 Å². The Bertz CT molecular complexity index is 1010. The number of rotatable bonds is 5. The monoisotopic (exact) mass is 391 g/mol. The lowest BCUT2D eigenvalue weighted by Crippen LogP contribution is -2.61. The molecule has 1 aliphatic carbocycles. The standard InChI is InChI=1S/C22H20FN4S/c23-21-13-18(9-10-22(21)28-20-7-2-1-3-8-20)26(17-5-4-6-17)27-12-11-24-14-19(27)15-25-16-27/h1-3,7-17H,4-6H2/q+1. The first-order chi connectivity index (χ1) is 13.8. The minimum atomic E-state index is -0.204. The molecular weight excluding hydrogens is 371 g/mol. The molecule has 2 aromatic rings. The first-order valence-corrected chi connectivity index (χ1v) is 10.2. The van der Waals surface area contributed by atoms with Crippen LogP contribution in [-0.4, -0.2) is 23.2 Å². The van der Waals surface area contributed by atoms with E-state index >= 15 is 4.39 Å². The summed E-state index contributed by atoms with van der Waals surface area (Å²) in [5.41, 5.74) is 1.83. The topological polar surface area (TPSA) is 28.0 Å². The average Bonchev–Trinajstić information content (AvgIpc) is 3.12. The third kappa shape index (κ3) is 2.89. The molecule has 1 atom stereocenters. The van der Waals surface area contributed by atoms with Crippen LogP contribution in [0, 0.1) is 5.82 Å². The fourth-order valence-corrected chi connectivity index (χ4v) is 4.61. The average molecular weight is 391 g/mol. The molecule has 0 amide bonds. The lowest BCUT2D eigenvalue weighted by Gasteiger charge is -2.46.